The zero-order valence-electron chi connectivity index (χ0n) is 8.64. The highest BCUT2D eigenvalue weighted by Gasteiger charge is 2.46. The zero-order valence-corrected chi connectivity index (χ0v) is 8.64. The fraction of sp³-hybridized carbons (Fsp3) is 0.833. The van der Waals surface area contributed by atoms with Crippen molar-refractivity contribution in [2.45, 2.75) is 38.5 Å². The van der Waals surface area contributed by atoms with Gasteiger partial charge in [0.1, 0.15) is 0 Å². The number of allylic oxidation sites excluding steroid dienone is 1. The molecule has 1 spiro atoms. The topological polar surface area (TPSA) is 9.23 Å². The normalized spacial score (nSPS) is 39.2. The van der Waals surface area contributed by atoms with Crippen molar-refractivity contribution in [2.24, 2.45) is 11.3 Å². The minimum atomic E-state index is 0.496. The predicted octanol–water partition coefficient (Wildman–Crippen LogP) is 3.16. The van der Waals surface area contributed by atoms with Crippen LogP contribution < -0.4 is 0 Å². The summed E-state index contributed by atoms with van der Waals surface area (Å²) in [5, 5.41) is 0. The molecule has 2 saturated carbocycles. The van der Waals surface area contributed by atoms with Crippen molar-refractivity contribution < 1.29 is 4.74 Å². The van der Waals surface area contributed by atoms with E-state index in [4.69, 9.17) is 4.74 Å². The molecule has 13 heavy (non-hydrogen) atoms. The third-order valence-electron chi connectivity index (χ3n) is 4.13. The quantitative estimate of drug-likeness (QED) is 0.593. The van der Waals surface area contributed by atoms with Crippen molar-refractivity contribution in [3.8, 4) is 0 Å². The van der Waals surface area contributed by atoms with Gasteiger partial charge in [-0.1, -0.05) is 18.6 Å². The van der Waals surface area contributed by atoms with Crippen molar-refractivity contribution in [2.75, 3.05) is 13.7 Å². The number of hydrogen-bond acceptors (Lipinski definition) is 1. The van der Waals surface area contributed by atoms with Gasteiger partial charge in [-0.05, 0) is 43.4 Å². The summed E-state index contributed by atoms with van der Waals surface area (Å²) in [6, 6.07) is 0. The Hall–Kier alpha value is -0.300. The second-order valence-corrected chi connectivity index (χ2v) is 4.66. The average Bonchev–Trinajstić information content (AvgIpc) is 2.65. The number of methoxy groups -OCH3 is 1. The van der Waals surface area contributed by atoms with Crippen LogP contribution in [0.4, 0.5) is 0 Å². The molecular weight excluding hydrogens is 160 g/mol. The van der Waals surface area contributed by atoms with E-state index in [1.165, 1.54) is 44.1 Å². The van der Waals surface area contributed by atoms with Gasteiger partial charge in [0.05, 0.1) is 0 Å². The fourth-order valence-corrected chi connectivity index (χ4v) is 3.43. The standard InChI is InChI=1S/C12H20O/c1-10-5-3-7-12(10)8-4-6-11(12)9-13-2/h11H,1,3-9H2,2H3/t11-,12+/m0/s1. The summed E-state index contributed by atoms with van der Waals surface area (Å²) in [4.78, 5) is 0. The van der Waals surface area contributed by atoms with Gasteiger partial charge < -0.3 is 4.74 Å². The lowest BCUT2D eigenvalue weighted by Crippen LogP contribution is -2.26. The average molecular weight is 180 g/mol. The van der Waals surface area contributed by atoms with Crippen molar-refractivity contribution in [1.29, 1.82) is 0 Å². The second kappa shape index (κ2) is 3.45. The number of rotatable bonds is 2. The van der Waals surface area contributed by atoms with Gasteiger partial charge in [-0.3, -0.25) is 0 Å². The van der Waals surface area contributed by atoms with E-state index in [0.29, 0.717) is 5.41 Å². The summed E-state index contributed by atoms with van der Waals surface area (Å²) in [5.41, 5.74) is 2.02. The van der Waals surface area contributed by atoms with E-state index in [1.807, 2.05) is 7.11 Å². The summed E-state index contributed by atoms with van der Waals surface area (Å²) in [7, 11) is 1.82. The monoisotopic (exact) mass is 180 g/mol. The van der Waals surface area contributed by atoms with Crippen LogP contribution in [0.15, 0.2) is 12.2 Å². The van der Waals surface area contributed by atoms with Crippen molar-refractivity contribution in [3.63, 3.8) is 0 Å². The van der Waals surface area contributed by atoms with E-state index in [0.717, 1.165) is 12.5 Å². The van der Waals surface area contributed by atoms with E-state index in [9.17, 15) is 0 Å². The smallest absolute Gasteiger partial charge is 0.0498 e. The molecule has 1 heteroatoms. The van der Waals surface area contributed by atoms with Crippen LogP contribution in [0.3, 0.4) is 0 Å². The Labute approximate surface area is 81.2 Å². The summed E-state index contributed by atoms with van der Waals surface area (Å²) in [6.45, 7) is 5.21. The molecule has 0 radical (unpaired) electrons. The van der Waals surface area contributed by atoms with Crippen molar-refractivity contribution in [3.05, 3.63) is 12.2 Å². The van der Waals surface area contributed by atoms with Gasteiger partial charge in [-0.25, -0.2) is 0 Å². The Morgan fingerprint density at radius 3 is 2.85 bits per heavy atom. The maximum atomic E-state index is 5.32. The molecule has 0 bridgehead atoms. The Kier molecular flexibility index (Phi) is 2.46. The largest absolute Gasteiger partial charge is 0.384 e. The lowest BCUT2D eigenvalue weighted by Gasteiger charge is -2.32. The van der Waals surface area contributed by atoms with Gasteiger partial charge in [0.15, 0.2) is 0 Å². The first-order valence-corrected chi connectivity index (χ1v) is 5.47. The highest BCUT2D eigenvalue weighted by Crippen LogP contribution is 2.56. The van der Waals surface area contributed by atoms with Gasteiger partial charge in [0.25, 0.3) is 0 Å². The second-order valence-electron chi connectivity index (χ2n) is 4.66. The first-order valence-electron chi connectivity index (χ1n) is 5.47. The molecule has 0 aliphatic heterocycles. The molecule has 2 fully saturated rings. The maximum Gasteiger partial charge on any atom is 0.0498 e. The first-order chi connectivity index (χ1) is 6.29. The van der Waals surface area contributed by atoms with Crippen LogP contribution in [0.25, 0.3) is 0 Å². The molecule has 0 unspecified atom stereocenters. The van der Waals surface area contributed by atoms with Crippen LogP contribution in [-0.2, 0) is 4.74 Å². The fourth-order valence-electron chi connectivity index (χ4n) is 3.43. The maximum absolute atomic E-state index is 5.32. The highest BCUT2D eigenvalue weighted by atomic mass is 16.5. The first kappa shape index (κ1) is 9.26. The molecule has 1 nitrogen and oxygen atoms in total. The zero-order chi connectivity index (χ0) is 9.31. The molecule has 2 aliphatic carbocycles. The van der Waals surface area contributed by atoms with Crippen LogP contribution >= 0.6 is 0 Å². The molecule has 2 rings (SSSR count). The molecule has 0 aromatic carbocycles. The molecule has 0 N–H and O–H groups in total. The Morgan fingerprint density at radius 1 is 1.46 bits per heavy atom. The van der Waals surface area contributed by atoms with Crippen LogP contribution in [0.2, 0.25) is 0 Å². The molecule has 0 saturated heterocycles. The molecule has 0 aromatic heterocycles. The van der Waals surface area contributed by atoms with Gasteiger partial charge in [0, 0.05) is 13.7 Å². The SMILES string of the molecule is C=C1CCC[C@@]12CCC[C@H]2COC. The third-order valence-corrected chi connectivity index (χ3v) is 4.13. The summed E-state index contributed by atoms with van der Waals surface area (Å²) in [5.74, 6) is 0.771. The Bertz CT molecular complexity index is 205. The van der Waals surface area contributed by atoms with Crippen molar-refractivity contribution >= 4 is 0 Å². The van der Waals surface area contributed by atoms with E-state index >= 15 is 0 Å². The highest BCUT2D eigenvalue weighted by molar-refractivity contribution is 5.19. The van der Waals surface area contributed by atoms with Gasteiger partial charge in [-0.15, -0.1) is 0 Å². The summed E-state index contributed by atoms with van der Waals surface area (Å²) in [6.07, 6.45) is 8.11. The van der Waals surface area contributed by atoms with Crippen LogP contribution in [0.1, 0.15) is 38.5 Å². The molecule has 0 heterocycles. The van der Waals surface area contributed by atoms with E-state index in [-0.39, 0.29) is 0 Å². The molecular formula is C12H20O. The lowest BCUT2D eigenvalue weighted by molar-refractivity contribution is 0.103. The molecule has 74 valence electrons. The molecule has 0 amide bonds. The summed E-state index contributed by atoms with van der Waals surface area (Å²) < 4.78 is 5.32. The van der Waals surface area contributed by atoms with Gasteiger partial charge in [-0.2, -0.15) is 0 Å². The molecule has 2 atom stereocenters. The van der Waals surface area contributed by atoms with Gasteiger partial charge >= 0.3 is 0 Å². The van der Waals surface area contributed by atoms with Crippen molar-refractivity contribution in [1.82, 2.24) is 0 Å². The van der Waals surface area contributed by atoms with Crippen LogP contribution in [0.5, 0.6) is 0 Å². The third kappa shape index (κ3) is 1.34. The van der Waals surface area contributed by atoms with E-state index < -0.39 is 0 Å². The molecule has 0 aromatic rings. The number of ether oxygens (including phenoxy) is 1. The predicted molar refractivity (Wildman–Crippen MR) is 54.6 cm³/mol. The van der Waals surface area contributed by atoms with Gasteiger partial charge in [0.2, 0.25) is 0 Å². The lowest BCUT2D eigenvalue weighted by atomic mass is 9.74. The Morgan fingerprint density at radius 2 is 2.23 bits per heavy atom. The number of hydrogen-bond donors (Lipinski definition) is 0. The van der Waals surface area contributed by atoms with Crippen LogP contribution in [-0.4, -0.2) is 13.7 Å². The minimum absolute atomic E-state index is 0.496. The Balaban J connectivity index is 2.14. The van der Waals surface area contributed by atoms with E-state index in [2.05, 4.69) is 6.58 Å². The minimum Gasteiger partial charge on any atom is -0.384 e. The molecule has 2 aliphatic rings. The van der Waals surface area contributed by atoms with Crippen LogP contribution in [0, 0.1) is 11.3 Å². The van der Waals surface area contributed by atoms with E-state index in [1.54, 1.807) is 0 Å². The summed E-state index contributed by atoms with van der Waals surface area (Å²) >= 11 is 0.